The second-order valence-corrected chi connectivity index (χ2v) is 11.0. The van der Waals surface area contributed by atoms with Gasteiger partial charge in [-0.25, -0.2) is 13.0 Å². The zero-order valence-corrected chi connectivity index (χ0v) is 20.8. The van der Waals surface area contributed by atoms with Gasteiger partial charge in [0.25, 0.3) is 11.2 Å². The van der Waals surface area contributed by atoms with E-state index in [1.165, 1.54) is 39.6 Å². The first kappa shape index (κ1) is 23.7. The van der Waals surface area contributed by atoms with E-state index in [4.69, 9.17) is 27.1 Å². The predicted molar refractivity (Wildman–Crippen MR) is 132 cm³/mol. The van der Waals surface area contributed by atoms with E-state index in [-0.39, 0.29) is 26.6 Å². The fourth-order valence-electron chi connectivity index (χ4n) is 4.45. The summed E-state index contributed by atoms with van der Waals surface area (Å²) >= 11 is 5.96. The largest absolute Gasteiger partial charge is 0.370 e. The first-order chi connectivity index (χ1) is 16.8. The highest BCUT2D eigenvalue weighted by Crippen LogP contribution is 2.27. The molecule has 11 heteroatoms. The molecule has 3 N–H and O–H groups in total. The van der Waals surface area contributed by atoms with Crippen LogP contribution < -0.4 is 20.8 Å². The molecule has 0 amide bonds. The molecule has 1 aromatic carbocycles. The third-order valence-electron chi connectivity index (χ3n) is 6.44. The average molecular weight is 516 g/mol. The van der Waals surface area contributed by atoms with E-state index < -0.39 is 9.84 Å². The Balaban J connectivity index is 1.75. The maximum Gasteiger partial charge on any atom is 0.278 e. The Morgan fingerprint density at radius 3 is 2.63 bits per heavy atom. The molecule has 182 valence electrons. The quantitative estimate of drug-likeness (QED) is 0.294. The maximum absolute atomic E-state index is 13.6. The van der Waals surface area contributed by atoms with Crippen molar-refractivity contribution in [2.45, 2.75) is 23.3 Å². The number of anilines is 1. The lowest BCUT2D eigenvalue weighted by atomic mass is 10.2. The van der Waals surface area contributed by atoms with Crippen LogP contribution in [-0.2, 0) is 21.1 Å². The Kier molecular flexibility index (Phi) is 6.22. The number of aryl methyl sites for hydroxylation is 1. The number of aromatic nitrogens is 3. The number of rotatable bonds is 5. The molecule has 3 aromatic heterocycles. The number of nitrogen functional groups attached to an aromatic ring is 1. The summed E-state index contributed by atoms with van der Waals surface area (Å²) < 4.78 is 35.8. The Labute approximate surface area is 207 Å². The van der Waals surface area contributed by atoms with Crippen molar-refractivity contribution in [1.82, 2.24) is 9.38 Å². The van der Waals surface area contributed by atoms with E-state index in [1.54, 1.807) is 16.8 Å². The van der Waals surface area contributed by atoms with Crippen LogP contribution in [0, 0.1) is 6.92 Å². The number of sulfone groups is 1. The van der Waals surface area contributed by atoms with Gasteiger partial charge in [0.05, 0.1) is 18.1 Å². The van der Waals surface area contributed by atoms with Crippen molar-refractivity contribution in [1.29, 1.82) is 0 Å². The number of benzene rings is 1. The fraction of sp³-hybridized carbons (Fsp3) is 0.292. The minimum atomic E-state index is -4.03. The Bertz CT molecular complexity index is 1600. The molecule has 0 radical (unpaired) electrons. The highest BCUT2D eigenvalue weighted by atomic mass is 35.5. The molecular formula is C24H26ClN5O4S+2. The number of ether oxygens (including phenoxy) is 1. The monoisotopic (exact) mass is 515 g/mol. The lowest BCUT2D eigenvalue weighted by molar-refractivity contribution is -0.923. The first-order valence-electron chi connectivity index (χ1n) is 11.3. The molecule has 5 rings (SSSR count). The molecule has 1 fully saturated rings. The normalized spacial score (nSPS) is 15.1. The van der Waals surface area contributed by atoms with Crippen LogP contribution in [0.2, 0.25) is 5.02 Å². The number of pyridine rings is 2. The van der Waals surface area contributed by atoms with Crippen molar-refractivity contribution in [2.75, 3.05) is 38.6 Å². The summed E-state index contributed by atoms with van der Waals surface area (Å²) in [7, 11) is -4.03. The van der Waals surface area contributed by atoms with Gasteiger partial charge in [0.15, 0.2) is 0 Å². The number of quaternary nitrogens is 1. The summed E-state index contributed by atoms with van der Waals surface area (Å²) in [6.45, 7) is 6.00. The van der Waals surface area contributed by atoms with Crippen LogP contribution in [0.4, 0.5) is 5.82 Å². The maximum atomic E-state index is 13.6. The van der Waals surface area contributed by atoms with Gasteiger partial charge in [-0.2, -0.15) is 0 Å². The van der Waals surface area contributed by atoms with E-state index >= 15 is 0 Å². The number of hydrogen-bond donors (Lipinski definition) is 2. The van der Waals surface area contributed by atoms with Crippen molar-refractivity contribution < 1.29 is 22.6 Å². The third-order valence-corrected chi connectivity index (χ3v) is 8.49. The van der Waals surface area contributed by atoms with Crippen LogP contribution in [0.5, 0.6) is 0 Å². The molecule has 35 heavy (non-hydrogen) atoms. The zero-order chi connectivity index (χ0) is 24.7. The van der Waals surface area contributed by atoms with Gasteiger partial charge in [0, 0.05) is 16.8 Å². The van der Waals surface area contributed by atoms with E-state index in [1.807, 2.05) is 13.0 Å². The van der Waals surface area contributed by atoms with Gasteiger partial charge in [-0.3, -0.25) is 9.20 Å². The second-order valence-electron chi connectivity index (χ2n) is 8.65. The van der Waals surface area contributed by atoms with Crippen LogP contribution in [0.25, 0.3) is 16.7 Å². The zero-order valence-electron chi connectivity index (χ0n) is 19.2. The van der Waals surface area contributed by atoms with Gasteiger partial charge in [0.2, 0.25) is 21.3 Å². The van der Waals surface area contributed by atoms with E-state index in [2.05, 4.69) is 0 Å². The highest BCUT2D eigenvalue weighted by Gasteiger charge is 2.30. The standard InChI is InChI=1S/C24H24ClN5O4S/c1-16-3-2-8-30-22(16)27-23-19(24(30)31)15-20(35(32,33)18-6-4-17(25)5-7-18)21(26)29(23)10-9-28-11-13-34-14-12-28/h2-8,15,26H,9-14H2,1H3/p+2. The number of nitrogens with two attached hydrogens (primary N) is 1. The Morgan fingerprint density at radius 2 is 1.91 bits per heavy atom. The van der Waals surface area contributed by atoms with Crippen molar-refractivity contribution >= 4 is 43.9 Å². The molecule has 0 aliphatic carbocycles. The molecule has 0 atom stereocenters. The van der Waals surface area contributed by atoms with Crippen molar-refractivity contribution in [3.05, 3.63) is 69.6 Å². The molecule has 1 saturated heterocycles. The molecular weight excluding hydrogens is 490 g/mol. The molecule has 9 nitrogen and oxygen atoms in total. The van der Waals surface area contributed by atoms with Crippen LogP contribution in [0.15, 0.2) is 63.2 Å². The lowest BCUT2D eigenvalue weighted by Crippen LogP contribution is -3.14. The summed E-state index contributed by atoms with van der Waals surface area (Å²) in [6.07, 6.45) is 1.63. The molecule has 0 saturated carbocycles. The van der Waals surface area contributed by atoms with Crippen molar-refractivity contribution in [2.24, 2.45) is 0 Å². The van der Waals surface area contributed by atoms with Gasteiger partial charge in [-0.15, -0.1) is 0 Å². The Morgan fingerprint density at radius 1 is 1.20 bits per heavy atom. The number of nitrogens with one attached hydrogen (secondary N) is 1. The van der Waals surface area contributed by atoms with Gasteiger partial charge >= 0.3 is 0 Å². The highest BCUT2D eigenvalue weighted by molar-refractivity contribution is 7.91. The number of hydrogen-bond acceptors (Lipinski definition) is 6. The second kappa shape index (κ2) is 9.19. The molecule has 4 aromatic rings. The third kappa shape index (κ3) is 4.27. The smallest absolute Gasteiger partial charge is 0.278 e. The summed E-state index contributed by atoms with van der Waals surface area (Å²) in [5.41, 5.74) is 7.87. The summed E-state index contributed by atoms with van der Waals surface area (Å²) in [4.78, 5) is 19.5. The van der Waals surface area contributed by atoms with E-state index in [9.17, 15) is 13.2 Å². The number of nitrogens with zero attached hydrogens (tertiary/aromatic N) is 3. The van der Waals surface area contributed by atoms with Crippen LogP contribution in [-0.4, -0.2) is 50.7 Å². The molecule has 1 aliphatic heterocycles. The topological polar surface area (TPSA) is 112 Å². The molecule has 1 aliphatic rings. The van der Waals surface area contributed by atoms with Gasteiger partial charge in [-0.1, -0.05) is 22.7 Å². The first-order valence-corrected chi connectivity index (χ1v) is 13.2. The predicted octanol–water partition coefficient (Wildman–Crippen LogP) is 0.427. The van der Waals surface area contributed by atoms with Crippen LogP contribution in [0.3, 0.4) is 0 Å². The summed E-state index contributed by atoms with van der Waals surface area (Å²) in [5.74, 6) is 0.0462. The van der Waals surface area contributed by atoms with Crippen LogP contribution >= 0.6 is 11.6 Å². The van der Waals surface area contributed by atoms with E-state index in [0.717, 1.165) is 18.7 Å². The average Bonchev–Trinajstić information content (AvgIpc) is 2.85. The summed E-state index contributed by atoms with van der Waals surface area (Å²) in [5, 5.41) is 0.607. The molecule has 0 bridgehead atoms. The van der Waals surface area contributed by atoms with Crippen molar-refractivity contribution in [3.8, 4) is 0 Å². The molecule has 0 spiro atoms. The van der Waals surface area contributed by atoms with E-state index in [0.29, 0.717) is 42.6 Å². The van der Waals surface area contributed by atoms with Crippen molar-refractivity contribution in [3.63, 3.8) is 0 Å². The Hall–Kier alpha value is -3.05. The lowest BCUT2D eigenvalue weighted by Gasteiger charge is -2.23. The summed E-state index contributed by atoms with van der Waals surface area (Å²) in [6, 6.07) is 10.9. The van der Waals surface area contributed by atoms with Crippen LogP contribution in [0.1, 0.15) is 5.56 Å². The fourth-order valence-corrected chi connectivity index (χ4v) is 5.98. The SMILES string of the molecule is Cc1cccn2c(=O)c3cc(S(=O)(=O)c4ccc(Cl)cc4)c(N)[n+](CC[NH+]4CCOCC4)c3nc12. The number of fused-ring (bicyclic) bond motifs is 2. The number of halogens is 1. The molecule has 4 heterocycles. The van der Waals surface area contributed by atoms with Gasteiger partial charge < -0.3 is 15.4 Å². The van der Waals surface area contributed by atoms with Gasteiger partial charge in [-0.05, 0) is 43.3 Å². The minimum absolute atomic E-state index is 0.0444. The molecule has 0 unspecified atom stereocenters. The minimum Gasteiger partial charge on any atom is -0.370 e. The van der Waals surface area contributed by atoms with Gasteiger partial charge in [0.1, 0.15) is 36.5 Å². The number of morpholine rings is 1.